The van der Waals surface area contributed by atoms with E-state index in [2.05, 4.69) is 15.3 Å². The molecule has 1 aliphatic carbocycles. The number of carbonyl (C=O) groups is 1. The minimum Gasteiger partial charge on any atom is -0.385 e. The summed E-state index contributed by atoms with van der Waals surface area (Å²) in [4.78, 5) is 23.7. The van der Waals surface area contributed by atoms with Crippen LogP contribution >= 0.6 is 0 Å². The third-order valence-electron chi connectivity index (χ3n) is 4.81. The smallest absolute Gasteiger partial charge is 0.274 e. The molecule has 0 aromatic carbocycles. The molecule has 5 heteroatoms. The van der Waals surface area contributed by atoms with Crippen molar-refractivity contribution in [2.24, 2.45) is 11.8 Å². The lowest BCUT2D eigenvalue weighted by atomic mass is 10.0. The van der Waals surface area contributed by atoms with Crippen LogP contribution < -0.4 is 5.32 Å². The second-order valence-corrected chi connectivity index (χ2v) is 6.56. The van der Waals surface area contributed by atoms with Crippen LogP contribution in [0, 0.1) is 11.8 Å². The van der Waals surface area contributed by atoms with Gasteiger partial charge in [0, 0.05) is 26.1 Å². The number of hydrogen-bond donors (Lipinski definition) is 1. The van der Waals surface area contributed by atoms with Gasteiger partial charge in [0.05, 0.1) is 11.9 Å². The molecule has 1 saturated carbocycles. The monoisotopic (exact) mass is 288 g/mol. The normalized spacial score (nSPS) is 24.5. The van der Waals surface area contributed by atoms with Gasteiger partial charge in [0.15, 0.2) is 5.69 Å². The van der Waals surface area contributed by atoms with Crippen molar-refractivity contribution in [3.63, 3.8) is 0 Å². The van der Waals surface area contributed by atoms with Gasteiger partial charge in [-0.2, -0.15) is 0 Å². The zero-order valence-corrected chi connectivity index (χ0v) is 13.1. The van der Waals surface area contributed by atoms with Gasteiger partial charge in [-0.15, -0.1) is 0 Å². The summed E-state index contributed by atoms with van der Waals surface area (Å²) >= 11 is 0. The number of carbonyl (C=O) groups excluding carboxylic acids is 1. The Bertz CT molecular complexity index is 531. The topological polar surface area (TPSA) is 58.1 Å². The van der Waals surface area contributed by atoms with Crippen LogP contribution in [0.1, 0.15) is 55.3 Å². The Morgan fingerprint density at radius 1 is 1.33 bits per heavy atom. The molecular weight excluding hydrogens is 264 g/mol. The summed E-state index contributed by atoms with van der Waals surface area (Å²) in [6.45, 7) is 5.88. The highest BCUT2D eigenvalue weighted by molar-refractivity contribution is 5.97. The third kappa shape index (κ3) is 2.61. The predicted molar refractivity (Wildman–Crippen MR) is 82.4 cm³/mol. The van der Waals surface area contributed by atoms with Gasteiger partial charge in [0.2, 0.25) is 0 Å². The highest BCUT2D eigenvalue weighted by Gasteiger charge is 2.39. The van der Waals surface area contributed by atoms with Crippen LogP contribution in [0.5, 0.6) is 0 Å². The lowest BCUT2D eigenvalue weighted by Gasteiger charge is -2.19. The van der Waals surface area contributed by atoms with E-state index < -0.39 is 0 Å². The highest BCUT2D eigenvalue weighted by atomic mass is 16.2. The van der Waals surface area contributed by atoms with E-state index in [1.165, 1.54) is 19.3 Å². The molecule has 0 spiro atoms. The van der Waals surface area contributed by atoms with Crippen LogP contribution in [-0.2, 0) is 0 Å². The Kier molecular flexibility index (Phi) is 3.83. The molecule has 2 atom stereocenters. The molecule has 5 nitrogen and oxygen atoms in total. The molecule has 1 saturated heterocycles. The van der Waals surface area contributed by atoms with Gasteiger partial charge in [-0.25, -0.2) is 9.97 Å². The van der Waals surface area contributed by atoms with E-state index in [1.54, 1.807) is 6.20 Å². The van der Waals surface area contributed by atoms with Crippen molar-refractivity contribution >= 4 is 11.6 Å². The van der Waals surface area contributed by atoms with E-state index in [0.29, 0.717) is 17.5 Å². The minimum atomic E-state index is 0.0538. The molecule has 21 heavy (non-hydrogen) atoms. The first kappa shape index (κ1) is 14.3. The lowest BCUT2D eigenvalue weighted by molar-refractivity contribution is 0.0775. The maximum absolute atomic E-state index is 12.8. The van der Waals surface area contributed by atoms with Crippen molar-refractivity contribution in [3.05, 3.63) is 17.7 Å². The number of rotatable bonds is 3. The largest absolute Gasteiger partial charge is 0.385 e. The number of likely N-dealkylation sites (tertiary alicyclic amines) is 1. The molecule has 2 aliphatic rings. The molecule has 3 rings (SSSR count). The number of nitrogens with zero attached hydrogens (tertiary/aromatic N) is 3. The Morgan fingerprint density at radius 2 is 2.00 bits per heavy atom. The van der Waals surface area contributed by atoms with E-state index >= 15 is 0 Å². The number of amides is 1. The standard InChI is InChI=1S/C16H24N4O/c1-10(2)15-18-7-13(17-3)14(19-15)16(21)20-8-11-5-4-6-12(11)9-20/h7,10-12,17H,4-6,8-9H2,1-3H3. The summed E-state index contributed by atoms with van der Waals surface area (Å²) in [5.74, 6) is 2.42. The average molecular weight is 288 g/mol. The Balaban J connectivity index is 1.85. The second-order valence-electron chi connectivity index (χ2n) is 6.56. The lowest BCUT2D eigenvalue weighted by Crippen LogP contribution is -2.31. The molecule has 1 aromatic heterocycles. The number of hydrogen-bond acceptors (Lipinski definition) is 4. The first-order valence-electron chi connectivity index (χ1n) is 7.94. The molecular formula is C16H24N4O. The van der Waals surface area contributed by atoms with E-state index in [0.717, 1.165) is 24.6 Å². The van der Waals surface area contributed by atoms with Gasteiger partial charge < -0.3 is 10.2 Å². The summed E-state index contributed by atoms with van der Waals surface area (Å²) in [7, 11) is 1.81. The van der Waals surface area contributed by atoms with E-state index in [-0.39, 0.29) is 11.8 Å². The van der Waals surface area contributed by atoms with Crippen LogP contribution in [0.25, 0.3) is 0 Å². The van der Waals surface area contributed by atoms with Crippen LogP contribution in [0.4, 0.5) is 5.69 Å². The molecule has 1 aliphatic heterocycles. The molecule has 1 N–H and O–H groups in total. The number of anilines is 1. The zero-order valence-electron chi connectivity index (χ0n) is 13.1. The fourth-order valence-corrected chi connectivity index (χ4v) is 3.57. The maximum Gasteiger partial charge on any atom is 0.274 e. The van der Waals surface area contributed by atoms with E-state index in [1.807, 2.05) is 25.8 Å². The van der Waals surface area contributed by atoms with Crippen LogP contribution in [0.15, 0.2) is 6.20 Å². The van der Waals surface area contributed by atoms with Crippen molar-refractivity contribution in [2.75, 3.05) is 25.5 Å². The van der Waals surface area contributed by atoms with Crippen molar-refractivity contribution in [1.82, 2.24) is 14.9 Å². The summed E-state index contributed by atoms with van der Waals surface area (Å²) < 4.78 is 0. The first-order valence-corrected chi connectivity index (χ1v) is 7.94. The summed E-state index contributed by atoms with van der Waals surface area (Å²) in [5, 5.41) is 3.04. The molecule has 1 aromatic rings. The molecule has 2 fully saturated rings. The molecule has 1 amide bonds. The maximum atomic E-state index is 12.8. The van der Waals surface area contributed by atoms with Crippen molar-refractivity contribution < 1.29 is 4.79 Å². The van der Waals surface area contributed by atoms with Gasteiger partial charge in [0.25, 0.3) is 5.91 Å². The Labute approximate surface area is 126 Å². The van der Waals surface area contributed by atoms with E-state index in [4.69, 9.17) is 0 Å². The van der Waals surface area contributed by atoms with Crippen molar-refractivity contribution in [3.8, 4) is 0 Å². The van der Waals surface area contributed by atoms with E-state index in [9.17, 15) is 4.79 Å². The summed E-state index contributed by atoms with van der Waals surface area (Å²) in [5.41, 5.74) is 1.25. The van der Waals surface area contributed by atoms with Gasteiger partial charge in [-0.1, -0.05) is 20.3 Å². The predicted octanol–water partition coefficient (Wildman–Crippen LogP) is 2.51. The Morgan fingerprint density at radius 3 is 2.57 bits per heavy atom. The van der Waals surface area contributed by atoms with Gasteiger partial charge >= 0.3 is 0 Å². The quantitative estimate of drug-likeness (QED) is 0.928. The van der Waals surface area contributed by atoms with Crippen LogP contribution in [0.3, 0.4) is 0 Å². The van der Waals surface area contributed by atoms with Crippen LogP contribution in [-0.4, -0.2) is 40.9 Å². The summed E-state index contributed by atoms with van der Waals surface area (Å²) in [6, 6.07) is 0. The van der Waals surface area contributed by atoms with Crippen molar-refractivity contribution in [1.29, 1.82) is 0 Å². The molecule has 0 radical (unpaired) electrons. The molecule has 2 unspecified atom stereocenters. The number of aromatic nitrogens is 2. The molecule has 114 valence electrons. The number of nitrogens with one attached hydrogen (secondary N) is 1. The Hall–Kier alpha value is -1.65. The third-order valence-corrected chi connectivity index (χ3v) is 4.81. The fraction of sp³-hybridized carbons (Fsp3) is 0.688. The minimum absolute atomic E-state index is 0.0538. The van der Waals surface area contributed by atoms with Gasteiger partial charge in [-0.05, 0) is 24.7 Å². The second kappa shape index (κ2) is 5.62. The summed E-state index contributed by atoms with van der Waals surface area (Å²) in [6.07, 6.45) is 5.60. The molecule has 0 bridgehead atoms. The average Bonchev–Trinajstić information content (AvgIpc) is 3.06. The highest BCUT2D eigenvalue weighted by Crippen LogP contribution is 2.38. The van der Waals surface area contributed by atoms with Crippen LogP contribution in [0.2, 0.25) is 0 Å². The number of fused-ring (bicyclic) bond motifs is 1. The van der Waals surface area contributed by atoms with Gasteiger partial charge in [0.1, 0.15) is 5.82 Å². The van der Waals surface area contributed by atoms with Gasteiger partial charge in [-0.3, -0.25) is 4.79 Å². The molecule has 2 heterocycles. The zero-order chi connectivity index (χ0) is 15.0. The fourth-order valence-electron chi connectivity index (χ4n) is 3.57. The first-order chi connectivity index (χ1) is 10.1. The van der Waals surface area contributed by atoms with Crippen molar-refractivity contribution in [2.45, 2.75) is 39.0 Å². The SMILES string of the molecule is CNc1cnc(C(C)C)nc1C(=O)N1CC2CCCC2C1.